The predicted molar refractivity (Wildman–Crippen MR) is 95.0 cm³/mol. The molecule has 25 heavy (non-hydrogen) atoms. The first-order chi connectivity index (χ1) is 12.1. The minimum atomic E-state index is -0.328. The van der Waals surface area contributed by atoms with Crippen LogP contribution in [-0.2, 0) is 11.4 Å². The summed E-state index contributed by atoms with van der Waals surface area (Å²) < 4.78 is 5.70. The van der Waals surface area contributed by atoms with Crippen molar-refractivity contribution < 1.29 is 14.3 Å². The Morgan fingerprint density at radius 3 is 2.48 bits per heavy atom. The number of amides is 2. The van der Waals surface area contributed by atoms with Gasteiger partial charge in [-0.3, -0.25) is 9.59 Å². The van der Waals surface area contributed by atoms with Crippen molar-refractivity contribution in [1.82, 2.24) is 4.90 Å². The summed E-state index contributed by atoms with van der Waals surface area (Å²) in [5.74, 6) is 0.192. The van der Waals surface area contributed by atoms with Crippen molar-refractivity contribution in [3.63, 3.8) is 0 Å². The Hall–Kier alpha value is -2.82. The molecule has 5 heteroatoms. The molecular formula is C20H22N2O3. The zero-order valence-electron chi connectivity index (χ0n) is 14.1. The highest BCUT2D eigenvalue weighted by Gasteiger charge is 2.27. The number of para-hydroxylation sites is 1. The van der Waals surface area contributed by atoms with Crippen molar-refractivity contribution in [1.29, 1.82) is 0 Å². The Morgan fingerprint density at radius 1 is 1.08 bits per heavy atom. The summed E-state index contributed by atoms with van der Waals surface area (Å²) >= 11 is 0. The van der Waals surface area contributed by atoms with Gasteiger partial charge >= 0.3 is 0 Å². The summed E-state index contributed by atoms with van der Waals surface area (Å²) in [4.78, 5) is 25.7. The van der Waals surface area contributed by atoms with Crippen LogP contribution in [0.3, 0.4) is 0 Å². The molecule has 1 saturated heterocycles. The Morgan fingerprint density at radius 2 is 1.80 bits per heavy atom. The van der Waals surface area contributed by atoms with E-state index in [-0.39, 0.29) is 17.7 Å². The van der Waals surface area contributed by atoms with Crippen molar-refractivity contribution in [3.8, 4) is 5.75 Å². The first-order valence-electron chi connectivity index (χ1n) is 8.49. The summed E-state index contributed by atoms with van der Waals surface area (Å²) in [5, 5.41) is 0. The Balaban J connectivity index is 1.59. The molecule has 5 nitrogen and oxygen atoms in total. The third-order valence-corrected chi connectivity index (χ3v) is 4.46. The maximum atomic E-state index is 12.6. The van der Waals surface area contributed by atoms with Crippen LogP contribution in [0.4, 0.5) is 0 Å². The standard InChI is InChI=1S/C20H22N2O3/c21-19(23)17-5-4-12-22(13-17)20(24)16-10-8-15(9-11-16)14-25-18-6-2-1-3-7-18/h1-3,6-11,17H,4-5,12-14H2,(H2,21,23). The minimum absolute atomic E-state index is 0.0542. The molecule has 1 aliphatic rings. The molecule has 1 heterocycles. The highest BCUT2D eigenvalue weighted by Crippen LogP contribution is 2.19. The van der Waals surface area contributed by atoms with Gasteiger partial charge in [0.15, 0.2) is 0 Å². The van der Waals surface area contributed by atoms with Gasteiger partial charge in [-0.1, -0.05) is 30.3 Å². The molecule has 1 aliphatic heterocycles. The molecule has 0 bridgehead atoms. The minimum Gasteiger partial charge on any atom is -0.489 e. The molecule has 0 saturated carbocycles. The van der Waals surface area contributed by atoms with Gasteiger partial charge in [0.25, 0.3) is 5.91 Å². The molecule has 0 aromatic heterocycles. The molecule has 2 aromatic carbocycles. The number of piperidine rings is 1. The fourth-order valence-corrected chi connectivity index (χ4v) is 3.00. The Kier molecular flexibility index (Phi) is 5.33. The summed E-state index contributed by atoms with van der Waals surface area (Å²) in [6, 6.07) is 17.0. The van der Waals surface area contributed by atoms with E-state index in [1.807, 2.05) is 42.5 Å². The van der Waals surface area contributed by atoms with Gasteiger partial charge in [-0.2, -0.15) is 0 Å². The first-order valence-corrected chi connectivity index (χ1v) is 8.49. The molecule has 1 unspecified atom stereocenters. The van der Waals surface area contributed by atoms with Gasteiger partial charge in [0.1, 0.15) is 12.4 Å². The van der Waals surface area contributed by atoms with Crippen LogP contribution in [0.5, 0.6) is 5.75 Å². The van der Waals surface area contributed by atoms with Gasteiger partial charge in [0, 0.05) is 18.7 Å². The zero-order chi connectivity index (χ0) is 17.6. The highest BCUT2D eigenvalue weighted by atomic mass is 16.5. The van der Waals surface area contributed by atoms with Gasteiger partial charge < -0.3 is 15.4 Å². The van der Waals surface area contributed by atoms with Crippen LogP contribution >= 0.6 is 0 Å². The molecule has 2 N–H and O–H groups in total. The number of hydrogen-bond donors (Lipinski definition) is 1. The molecule has 1 fully saturated rings. The van der Waals surface area contributed by atoms with E-state index >= 15 is 0 Å². The van der Waals surface area contributed by atoms with E-state index in [4.69, 9.17) is 10.5 Å². The number of nitrogens with two attached hydrogens (primary N) is 1. The number of nitrogens with zero attached hydrogens (tertiary/aromatic N) is 1. The summed E-state index contributed by atoms with van der Waals surface area (Å²) in [6.07, 6.45) is 1.57. The zero-order valence-corrected chi connectivity index (χ0v) is 14.1. The van der Waals surface area contributed by atoms with Crippen LogP contribution in [0, 0.1) is 5.92 Å². The van der Waals surface area contributed by atoms with E-state index in [1.54, 1.807) is 17.0 Å². The third kappa shape index (κ3) is 4.38. The summed E-state index contributed by atoms with van der Waals surface area (Å²) in [5.41, 5.74) is 6.99. The molecule has 130 valence electrons. The molecule has 0 radical (unpaired) electrons. The van der Waals surface area contributed by atoms with Gasteiger partial charge in [0.05, 0.1) is 5.92 Å². The average Bonchev–Trinajstić information content (AvgIpc) is 2.67. The number of carbonyl (C=O) groups is 2. The van der Waals surface area contributed by atoms with Crippen LogP contribution < -0.4 is 10.5 Å². The monoisotopic (exact) mass is 338 g/mol. The van der Waals surface area contributed by atoms with E-state index in [0.29, 0.717) is 25.3 Å². The summed E-state index contributed by atoms with van der Waals surface area (Å²) in [6.45, 7) is 1.53. The van der Waals surface area contributed by atoms with Crippen LogP contribution in [-0.4, -0.2) is 29.8 Å². The van der Waals surface area contributed by atoms with Crippen LogP contribution in [0.15, 0.2) is 54.6 Å². The number of ether oxygens (including phenoxy) is 1. The third-order valence-electron chi connectivity index (χ3n) is 4.46. The number of primary amides is 1. The van der Waals surface area contributed by atoms with Crippen LogP contribution in [0.2, 0.25) is 0 Å². The fourth-order valence-electron chi connectivity index (χ4n) is 3.00. The molecule has 2 amide bonds. The van der Waals surface area contributed by atoms with Gasteiger partial charge in [-0.15, -0.1) is 0 Å². The van der Waals surface area contributed by atoms with Gasteiger partial charge in [-0.05, 0) is 42.7 Å². The quantitative estimate of drug-likeness (QED) is 0.911. The maximum Gasteiger partial charge on any atom is 0.253 e. The molecule has 2 aromatic rings. The Labute approximate surface area is 147 Å². The van der Waals surface area contributed by atoms with Crippen molar-refractivity contribution >= 4 is 11.8 Å². The first kappa shape index (κ1) is 17.0. The number of carbonyl (C=O) groups excluding carboxylic acids is 2. The second kappa shape index (κ2) is 7.83. The topological polar surface area (TPSA) is 72.6 Å². The smallest absolute Gasteiger partial charge is 0.253 e. The van der Waals surface area contributed by atoms with Crippen LogP contribution in [0.25, 0.3) is 0 Å². The maximum absolute atomic E-state index is 12.6. The molecule has 1 atom stereocenters. The van der Waals surface area contributed by atoms with Crippen molar-refractivity contribution in [3.05, 3.63) is 65.7 Å². The highest BCUT2D eigenvalue weighted by molar-refractivity contribution is 5.94. The van der Waals surface area contributed by atoms with E-state index in [2.05, 4.69) is 0 Å². The lowest BCUT2D eigenvalue weighted by Crippen LogP contribution is -2.44. The van der Waals surface area contributed by atoms with E-state index in [1.165, 1.54) is 0 Å². The molecule has 0 aliphatic carbocycles. The van der Waals surface area contributed by atoms with Crippen LogP contribution in [0.1, 0.15) is 28.8 Å². The van der Waals surface area contributed by atoms with Gasteiger partial charge in [0.2, 0.25) is 5.91 Å². The molecular weight excluding hydrogens is 316 g/mol. The second-order valence-electron chi connectivity index (χ2n) is 6.29. The lowest BCUT2D eigenvalue weighted by molar-refractivity contribution is -0.123. The van der Waals surface area contributed by atoms with Crippen molar-refractivity contribution in [2.75, 3.05) is 13.1 Å². The second-order valence-corrected chi connectivity index (χ2v) is 6.29. The summed E-state index contributed by atoms with van der Waals surface area (Å²) in [7, 11) is 0. The van der Waals surface area contributed by atoms with Gasteiger partial charge in [-0.25, -0.2) is 0 Å². The SMILES string of the molecule is NC(=O)C1CCCN(C(=O)c2ccc(COc3ccccc3)cc2)C1. The van der Waals surface area contributed by atoms with Crippen molar-refractivity contribution in [2.45, 2.75) is 19.4 Å². The van der Waals surface area contributed by atoms with E-state index < -0.39 is 0 Å². The predicted octanol–water partition coefficient (Wildman–Crippen LogP) is 2.60. The van der Waals surface area contributed by atoms with Crippen molar-refractivity contribution in [2.24, 2.45) is 11.7 Å². The van der Waals surface area contributed by atoms with E-state index in [0.717, 1.165) is 24.2 Å². The molecule has 0 spiro atoms. The number of rotatable bonds is 5. The number of benzene rings is 2. The fraction of sp³-hybridized carbons (Fsp3) is 0.300. The lowest BCUT2D eigenvalue weighted by Gasteiger charge is -2.31. The lowest BCUT2D eigenvalue weighted by atomic mass is 9.97. The largest absolute Gasteiger partial charge is 0.489 e. The normalized spacial score (nSPS) is 17.1. The number of hydrogen-bond acceptors (Lipinski definition) is 3. The Bertz CT molecular complexity index is 728. The molecule has 3 rings (SSSR count). The van der Waals surface area contributed by atoms with E-state index in [9.17, 15) is 9.59 Å². The average molecular weight is 338 g/mol. The number of likely N-dealkylation sites (tertiary alicyclic amines) is 1.